The van der Waals surface area contributed by atoms with Crippen molar-refractivity contribution in [1.29, 1.82) is 0 Å². The number of methoxy groups -OCH3 is 1. The summed E-state index contributed by atoms with van der Waals surface area (Å²) in [4.78, 5) is 28.1. The largest absolute Gasteiger partial charge is 0.493 e. The minimum absolute atomic E-state index is 0.0702. The molecular weight excluding hydrogens is 382 g/mol. The lowest BCUT2D eigenvalue weighted by Gasteiger charge is -2.09. The van der Waals surface area contributed by atoms with Crippen LogP contribution < -0.4 is 15.0 Å². The highest BCUT2D eigenvalue weighted by Gasteiger charge is 2.13. The van der Waals surface area contributed by atoms with Crippen LogP contribution in [0.5, 0.6) is 11.5 Å². The van der Waals surface area contributed by atoms with Gasteiger partial charge in [-0.1, -0.05) is 0 Å². The number of carbonyl (C=O) groups is 1. The van der Waals surface area contributed by atoms with E-state index in [9.17, 15) is 9.59 Å². The van der Waals surface area contributed by atoms with Gasteiger partial charge in [-0.3, -0.25) is 14.9 Å². The van der Waals surface area contributed by atoms with Crippen molar-refractivity contribution >= 4 is 24.4 Å². The summed E-state index contributed by atoms with van der Waals surface area (Å²) in [6, 6.07) is 8.07. The minimum Gasteiger partial charge on any atom is -0.493 e. The number of ether oxygens (including phenoxy) is 2. The van der Waals surface area contributed by atoms with E-state index in [-0.39, 0.29) is 16.2 Å². The molecule has 142 valence electrons. The number of aromatic amines is 1. The number of hydrogen-bond acceptors (Lipinski definition) is 8. The maximum Gasteiger partial charge on any atom is 0.345 e. The number of esters is 1. The van der Waals surface area contributed by atoms with Crippen molar-refractivity contribution in [2.45, 2.75) is 6.92 Å². The van der Waals surface area contributed by atoms with E-state index >= 15 is 0 Å². The number of nitrogens with zero attached hydrogens (tertiary/aromatic N) is 4. The molecule has 0 aliphatic rings. The van der Waals surface area contributed by atoms with Gasteiger partial charge >= 0.3 is 5.97 Å². The maximum atomic E-state index is 12.2. The zero-order valence-corrected chi connectivity index (χ0v) is 15.8. The summed E-state index contributed by atoms with van der Waals surface area (Å²) in [6.45, 7) is 1.55. The third kappa shape index (κ3) is 4.18. The van der Waals surface area contributed by atoms with E-state index in [0.29, 0.717) is 16.9 Å². The molecular formula is C18H15N5O4S. The Morgan fingerprint density at radius 3 is 2.86 bits per heavy atom. The Hall–Kier alpha value is -3.66. The van der Waals surface area contributed by atoms with E-state index in [2.05, 4.69) is 20.3 Å². The number of H-pyrrole nitrogens is 1. The maximum absolute atomic E-state index is 12.2. The van der Waals surface area contributed by atoms with Gasteiger partial charge in [0.05, 0.1) is 18.9 Å². The van der Waals surface area contributed by atoms with Crippen LogP contribution in [0.4, 0.5) is 0 Å². The second kappa shape index (κ2) is 8.35. The summed E-state index contributed by atoms with van der Waals surface area (Å²) in [7, 11) is 1.45. The van der Waals surface area contributed by atoms with Gasteiger partial charge in [-0.05, 0) is 55.0 Å². The first-order valence-corrected chi connectivity index (χ1v) is 8.43. The van der Waals surface area contributed by atoms with Crippen molar-refractivity contribution in [1.82, 2.24) is 19.9 Å². The Labute approximate surface area is 164 Å². The number of aryl methyl sites for hydroxylation is 1. The number of pyridine rings is 1. The molecule has 10 heteroatoms. The average molecular weight is 397 g/mol. The van der Waals surface area contributed by atoms with Crippen LogP contribution in [0.2, 0.25) is 0 Å². The fourth-order valence-corrected chi connectivity index (χ4v) is 2.37. The second-order valence-corrected chi connectivity index (χ2v) is 5.90. The van der Waals surface area contributed by atoms with E-state index in [4.69, 9.17) is 21.7 Å². The van der Waals surface area contributed by atoms with Crippen molar-refractivity contribution < 1.29 is 14.3 Å². The Morgan fingerprint density at radius 2 is 2.14 bits per heavy atom. The van der Waals surface area contributed by atoms with Crippen molar-refractivity contribution in [3.63, 3.8) is 0 Å². The number of rotatable bonds is 5. The van der Waals surface area contributed by atoms with Gasteiger partial charge in [0, 0.05) is 12.4 Å². The molecule has 0 saturated carbocycles. The fourth-order valence-electron chi connectivity index (χ4n) is 2.19. The molecule has 0 radical (unpaired) electrons. The lowest BCUT2D eigenvalue weighted by molar-refractivity contribution is 0.0729. The molecule has 2 aromatic heterocycles. The molecule has 0 unspecified atom stereocenters. The molecule has 3 rings (SSSR count). The van der Waals surface area contributed by atoms with E-state index in [0.717, 1.165) is 4.68 Å². The van der Waals surface area contributed by atoms with Crippen LogP contribution in [0, 0.1) is 11.7 Å². The monoisotopic (exact) mass is 397 g/mol. The van der Waals surface area contributed by atoms with Crippen molar-refractivity contribution in [3.8, 4) is 11.5 Å². The van der Waals surface area contributed by atoms with Crippen molar-refractivity contribution in [3.05, 3.63) is 74.7 Å². The van der Waals surface area contributed by atoms with Crippen LogP contribution in [-0.4, -0.2) is 39.2 Å². The average Bonchev–Trinajstić information content (AvgIpc) is 2.72. The summed E-state index contributed by atoms with van der Waals surface area (Å²) < 4.78 is 11.7. The molecule has 0 atom stereocenters. The number of benzene rings is 1. The summed E-state index contributed by atoms with van der Waals surface area (Å²) in [5.41, 5.74) is 0.737. The number of aromatic nitrogens is 4. The molecule has 0 fully saturated rings. The highest BCUT2D eigenvalue weighted by Crippen LogP contribution is 2.28. The first-order valence-electron chi connectivity index (χ1n) is 8.02. The Balaban J connectivity index is 1.86. The molecule has 9 nitrogen and oxygen atoms in total. The first kappa shape index (κ1) is 19.1. The van der Waals surface area contributed by atoms with Crippen LogP contribution >= 0.6 is 12.2 Å². The smallest absolute Gasteiger partial charge is 0.345 e. The van der Waals surface area contributed by atoms with Crippen LogP contribution in [0.15, 0.2) is 52.6 Å². The predicted octanol–water partition coefficient (Wildman–Crippen LogP) is 2.11. The van der Waals surface area contributed by atoms with Crippen LogP contribution in [0.3, 0.4) is 0 Å². The van der Waals surface area contributed by atoms with Gasteiger partial charge in [0.1, 0.15) is 5.69 Å². The summed E-state index contributed by atoms with van der Waals surface area (Å²) in [5, 5.41) is 10.4. The zero-order valence-electron chi connectivity index (χ0n) is 14.9. The summed E-state index contributed by atoms with van der Waals surface area (Å²) in [6.07, 6.45) is 4.40. The number of carbonyl (C=O) groups excluding carboxylic acids is 1. The molecule has 0 spiro atoms. The number of hydrogen-bond donors (Lipinski definition) is 1. The molecule has 0 aliphatic carbocycles. The Morgan fingerprint density at radius 1 is 1.32 bits per heavy atom. The third-order valence-electron chi connectivity index (χ3n) is 3.62. The fraction of sp³-hybridized carbons (Fsp3) is 0.111. The first-order chi connectivity index (χ1) is 13.5. The van der Waals surface area contributed by atoms with E-state index in [1.54, 1.807) is 43.5 Å². The van der Waals surface area contributed by atoms with Gasteiger partial charge in [-0.15, -0.1) is 0 Å². The lowest BCUT2D eigenvalue weighted by atomic mass is 10.2. The third-order valence-corrected chi connectivity index (χ3v) is 3.89. The lowest BCUT2D eigenvalue weighted by Crippen LogP contribution is -2.22. The molecule has 0 aliphatic heterocycles. The van der Waals surface area contributed by atoms with Gasteiger partial charge in [0.25, 0.3) is 5.56 Å². The molecule has 0 amide bonds. The van der Waals surface area contributed by atoms with Gasteiger partial charge in [0.15, 0.2) is 11.5 Å². The van der Waals surface area contributed by atoms with Crippen LogP contribution in [0.25, 0.3) is 0 Å². The molecule has 1 aromatic carbocycles. The minimum atomic E-state index is -0.557. The highest BCUT2D eigenvalue weighted by atomic mass is 32.1. The van der Waals surface area contributed by atoms with Gasteiger partial charge in [-0.25, -0.2) is 4.79 Å². The normalized spacial score (nSPS) is 10.8. The molecule has 28 heavy (non-hydrogen) atoms. The van der Waals surface area contributed by atoms with Gasteiger partial charge < -0.3 is 9.47 Å². The van der Waals surface area contributed by atoms with Crippen LogP contribution in [0.1, 0.15) is 21.6 Å². The van der Waals surface area contributed by atoms with Gasteiger partial charge in [0.2, 0.25) is 4.77 Å². The predicted molar refractivity (Wildman–Crippen MR) is 104 cm³/mol. The van der Waals surface area contributed by atoms with E-state index in [1.165, 1.54) is 19.5 Å². The van der Waals surface area contributed by atoms with E-state index < -0.39 is 11.5 Å². The Bertz CT molecular complexity index is 1150. The van der Waals surface area contributed by atoms with Crippen molar-refractivity contribution in [2.75, 3.05) is 7.11 Å². The van der Waals surface area contributed by atoms with E-state index in [1.807, 2.05) is 0 Å². The standard InChI is InChI=1S/C18H15N5O4S/c1-11-16(24)23(18(28)22-21-11)20-9-12-5-6-14(15(8-12)26-2)27-17(25)13-4-3-7-19-10-13/h3-10H,1-2H3,(H,22,28). The zero-order chi connectivity index (χ0) is 20.1. The molecule has 0 saturated heterocycles. The van der Waals surface area contributed by atoms with Crippen LogP contribution in [-0.2, 0) is 0 Å². The van der Waals surface area contributed by atoms with Gasteiger partial charge in [-0.2, -0.15) is 14.9 Å². The quantitative estimate of drug-likeness (QED) is 0.304. The second-order valence-electron chi connectivity index (χ2n) is 5.52. The number of nitrogens with one attached hydrogen (secondary N) is 1. The summed E-state index contributed by atoms with van der Waals surface area (Å²) >= 11 is 5.02. The topological polar surface area (TPSA) is 111 Å². The molecule has 0 bridgehead atoms. The summed E-state index contributed by atoms with van der Waals surface area (Å²) in [5.74, 6) is 0.00485. The Kier molecular flexibility index (Phi) is 5.70. The SMILES string of the molecule is COc1cc(C=Nn2c(=S)[nH]nc(C)c2=O)ccc1OC(=O)c1cccnc1. The highest BCUT2D eigenvalue weighted by molar-refractivity contribution is 7.71. The molecule has 1 N–H and O–H groups in total. The molecule has 2 heterocycles. The molecule has 3 aromatic rings. The van der Waals surface area contributed by atoms with Crippen molar-refractivity contribution in [2.24, 2.45) is 5.10 Å².